The number of rotatable bonds is 3. The van der Waals surface area contributed by atoms with Crippen LogP contribution in [0.25, 0.3) is 10.8 Å². The summed E-state index contributed by atoms with van der Waals surface area (Å²) in [5, 5.41) is 12.9. The molecule has 3 aromatic rings. The van der Waals surface area contributed by atoms with Crippen molar-refractivity contribution in [2.75, 3.05) is 44.2 Å². The fraction of sp³-hybridized carbons (Fsp3) is 0.320. The number of halogens is 2. The summed E-state index contributed by atoms with van der Waals surface area (Å²) in [6, 6.07) is 17.7. The number of hydrogen-bond acceptors (Lipinski definition) is 4. The topological polar surface area (TPSA) is 47.0 Å². The summed E-state index contributed by atoms with van der Waals surface area (Å²) in [6.45, 7) is 3.82. The number of nitrogens with zero attached hydrogens (tertiary/aromatic N) is 3. The minimum atomic E-state index is -0.502. The van der Waals surface area contributed by atoms with Crippen LogP contribution in [0.1, 0.15) is 10.4 Å². The minimum absolute atomic E-state index is 0.00713. The van der Waals surface area contributed by atoms with Crippen molar-refractivity contribution >= 4 is 34.0 Å². The van der Waals surface area contributed by atoms with Crippen molar-refractivity contribution in [1.82, 2.24) is 9.80 Å². The van der Waals surface area contributed by atoms with E-state index in [1.54, 1.807) is 36.4 Å². The lowest BCUT2D eigenvalue weighted by molar-refractivity contribution is 0.0376. The predicted octanol–water partition coefficient (Wildman–Crippen LogP) is 3.64. The second-order valence-electron chi connectivity index (χ2n) is 8.49. The molecule has 2 heterocycles. The number of piperazine rings is 1. The Labute approximate surface area is 191 Å². The molecule has 0 saturated carbocycles. The normalized spacial score (nSPS) is 22.0. The van der Waals surface area contributed by atoms with Gasteiger partial charge in [-0.15, -0.1) is 0 Å². The standard InChI is InChI=1S/C25H25ClFN3O2/c26-18-7-5-17(6-8-18)25(32)29-13-11-28(12-14-29)23-15-30(16-24(23)31)22-10-9-21(27)19-3-1-2-4-20(19)22/h1-10,23-24,31H,11-16H2/t23-,24-/m1/s1. The Morgan fingerprint density at radius 1 is 0.906 bits per heavy atom. The number of benzene rings is 3. The van der Waals surface area contributed by atoms with E-state index in [0.717, 1.165) is 11.1 Å². The highest BCUT2D eigenvalue weighted by Crippen LogP contribution is 2.32. The molecular weight excluding hydrogens is 429 g/mol. The Hall–Kier alpha value is -2.67. The Kier molecular flexibility index (Phi) is 5.76. The van der Waals surface area contributed by atoms with Crippen molar-refractivity contribution in [1.29, 1.82) is 0 Å². The van der Waals surface area contributed by atoms with Crippen molar-refractivity contribution < 1.29 is 14.3 Å². The third kappa shape index (κ3) is 3.94. The van der Waals surface area contributed by atoms with Crippen LogP contribution in [0.3, 0.4) is 0 Å². The third-order valence-corrected chi connectivity index (χ3v) is 6.86. The number of aliphatic hydroxyl groups excluding tert-OH is 1. The summed E-state index contributed by atoms with van der Waals surface area (Å²) in [5.41, 5.74) is 1.58. The highest BCUT2D eigenvalue weighted by molar-refractivity contribution is 6.30. The monoisotopic (exact) mass is 453 g/mol. The maximum atomic E-state index is 14.2. The Balaban J connectivity index is 1.26. The van der Waals surface area contributed by atoms with E-state index in [-0.39, 0.29) is 17.8 Å². The summed E-state index contributed by atoms with van der Waals surface area (Å²) in [6.07, 6.45) is -0.502. The molecule has 3 aromatic carbocycles. The number of amides is 1. The second kappa shape index (κ2) is 8.70. The highest BCUT2D eigenvalue weighted by Gasteiger charge is 2.38. The SMILES string of the molecule is O=C(c1ccc(Cl)cc1)N1CCN([C@@H]2CN(c3ccc(F)c4ccccc34)C[C@H]2O)CC1. The molecule has 32 heavy (non-hydrogen) atoms. The lowest BCUT2D eigenvalue weighted by Gasteiger charge is -2.38. The van der Waals surface area contributed by atoms with E-state index >= 15 is 0 Å². The van der Waals surface area contributed by atoms with Gasteiger partial charge >= 0.3 is 0 Å². The molecule has 0 unspecified atom stereocenters. The van der Waals surface area contributed by atoms with Gasteiger partial charge < -0.3 is 14.9 Å². The first-order chi connectivity index (χ1) is 15.5. The zero-order valence-corrected chi connectivity index (χ0v) is 18.4. The van der Waals surface area contributed by atoms with Gasteiger partial charge in [-0.1, -0.05) is 35.9 Å². The summed E-state index contributed by atoms with van der Waals surface area (Å²) in [5.74, 6) is -0.227. The van der Waals surface area contributed by atoms with Crippen LogP contribution in [0.5, 0.6) is 0 Å². The maximum Gasteiger partial charge on any atom is 0.253 e. The van der Waals surface area contributed by atoms with Crippen molar-refractivity contribution in [3.63, 3.8) is 0 Å². The number of carbonyl (C=O) groups excluding carboxylic acids is 1. The quantitative estimate of drug-likeness (QED) is 0.657. The molecule has 1 N–H and O–H groups in total. The van der Waals surface area contributed by atoms with Crippen molar-refractivity contribution in [3.05, 3.63) is 77.1 Å². The molecule has 2 aliphatic rings. The molecule has 5 rings (SSSR count). The van der Waals surface area contributed by atoms with Crippen molar-refractivity contribution in [2.45, 2.75) is 12.1 Å². The van der Waals surface area contributed by atoms with E-state index in [4.69, 9.17) is 11.6 Å². The largest absolute Gasteiger partial charge is 0.390 e. The number of anilines is 1. The van der Waals surface area contributed by atoms with Crippen LogP contribution in [-0.2, 0) is 0 Å². The zero-order valence-electron chi connectivity index (χ0n) is 17.6. The molecule has 7 heteroatoms. The number of β-amino-alcohol motifs (C(OH)–C–C–N with tert-alkyl or cyclic N) is 1. The van der Waals surface area contributed by atoms with Crippen LogP contribution in [0, 0.1) is 5.82 Å². The molecule has 0 spiro atoms. The van der Waals surface area contributed by atoms with Gasteiger partial charge in [0.05, 0.1) is 12.1 Å². The summed E-state index contributed by atoms with van der Waals surface area (Å²) >= 11 is 5.93. The van der Waals surface area contributed by atoms with E-state index in [1.165, 1.54) is 6.07 Å². The Morgan fingerprint density at radius 3 is 2.31 bits per heavy atom. The average molecular weight is 454 g/mol. The zero-order chi connectivity index (χ0) is 22.2. The minimum Gasteiger partial charge on any atom is -0.390 e. The van der Waals surface area contributed by atoms with Gasteiger partial charge in [0.1, 0.15) is 5.82 Å². The Bertz CT molecular complexity index is 1130. The second-order valence-corrected chi connectivity index (χ2v) is 8.92. The molecule has 5 nitrogen and oxygen atoms in total. The van der Waals surface area contributed by atoms with E-state index in [0.29, 0.717) is 55.2 Å². The Morgan fingerprint density at radius 2 is 1.59 bits per heavy atom. The lowest BCUT2D eigenvalue weighted by Crippen LogP contribution is -2.54. The van der Waals surface area contributed by atoms with Crippen LogP contribution in [0.15, 0.2) is 60.7 Å². The molecule has 0 radical (unpaired) electrons. The van der Waals surface area contributed by atoms with Gasteiger partial charge in [0.25, 0.3) is 5.91 Å². The van der Waals surface area contributed by atoms with Gasteiger partial charge in [0, 0.05) is 66.3 Å². The lowest BCUT2D eigenvalue weighted by atomic mass is 10.1. The highest BCUT2D eigenvalue weighted by atomic mass is 35.5. The van der Waals surface area contributed by atoms with Crippen LogP contribution in [-0.4, -0.2) is 72.2 Å². The molecule has 0 aromatic heterocycles. The first-order valence-corrected chi connectivity index (χ1v) is 11.3. The smallest absolute Gasteiger partial charge is 0.253 e. The number of hydrogen-bond donors (Lipinski definition) is 1. The van der Waals surface area contributed by atoms with E-state index in [1.807, 2.05) is 23.1 Å². The average Bonchev–Trinajstić information content (AvgIpc) is 3.21. The third-order valence-electron chi connectivity index (χ3n) is 6.61. The molecule has 2 fully saturated rings. The molecular formula is C25H25ClFN3O2. The van der Waals surface area contributed by atoms with Crippen LogP contribution < -0.4 is 4.90 Å². The van der Waals surface area contributed by atoms with Gasteiger partial charge in [0.2, 0.25) is 0 Å². The molecule has 0 aliphatic carbocycles. The fourth-order valence-electron chi connectivity index (χ4n) is 4.88. The van der Waals surface area contributed by atoms with Crippen molar-refractivity contribution in [2.24, 2.45) is 0 Å². The molecule has 0 bridgehead atoms. The molecule has 2 saturated heterocycles. The van der Waals surface area contributed by atoms with E-state index < -0.39 is 6.10 Å². The van der Waals surface area contributed by atoms with Gasteiger partial charge in [-0.3, -0.25) is 9.69 Å². The van der Waals surface area contributed by atoms with Crippen molar-refractivity contribution in [3.8, 4) is 0 Å². The molecule has 2 atom stereocenters. The molecule has 166 valence electrons. The number of fused-ring (bicyclic) bond motifs is 1. The van der Waals surface area contributed by atoms with Gasteiger partial charge in [-0.05, 0) is 36.4 Å². The maximum absolute atomic E-state index is 14.2. The predicted molar refractivity (Wildman–Crippen MR) is 125 cm³/mol. The first kappa shape index (κ1) is 21.2. The van der Waals surface area contributed by atoms with E-state index in [2.05, 4.69) is 9.80 Å². The summed E-state index contributed by atoms with van der Waals surface area (Å²) < 4.78 is 14.2. The van der Waals surface area contributed by atoms with Crippen LogP contribution in [0.4, 0.5) is 10.1 Å². The summed E-state index contributed by atoms with van der Waals surface area (Å²) in [7, 11) is 0. The van der Waals surface area contributed by atoms with Gasteiger partial charge in [-0.25, -0.2) is 4.39 Å². The molecule has 1 amide bonds. The molecule has 2 aliphatic heterocycles. The van der Waals surface area contributed by atoms with Crippen LogP contribution in [0.2, 0.25) is 5.02 Å². The van der Waals surface area contributed by atoms with Gasteiger partial charge in [-0.2, -0.15) is 0 Å². The fourth-order valence-corrected chi connectivity index (χ4v) is 5.00. The van der Waals surface area contributed by atoms with Gasteiger partial charge in [0.15, 0.2) is 0 Å². The van der Waals surface area contributed by atoms with Crippen LogP contribution >= 0.6 is 11.6 Å². The number of aliphatic hydroxyl groups is 1. The summed E-state index contributed by atoms with van der Waals surface area (Å²) in [4.78, 5) is 19.0. The number of carbonyl (C=O) groups is 1. The van der Waals surface area contributed by atoms with E-state index in [9.17, 15) is 14.3 Å². The first-order valence-electron chi connectivity index (χ1n) is 10.9.